The molecule has 19 heavy (non-hydrogen) atoms. The van der Waals surface area contributed by atoms with Gasteiger partial charge in [0.1, 0.15) is 6.54 Å². The van der Waals surface area contributed by atoms with Crippen molar-refractivity contribution in [1.82, 2.24) is 9.80 Å². The molecule has 0 saturated carbocycles. The lowest BCUT2D eigenvalue weighted by molar-refractivity contribution is -0.139. The van der Waals surface area contributed by atoms with Crippen LogP contribution in [0.2, 0.25) is 0 Å². The van der Waals surface area contributed by atoms with Gasteiger partial charge in [-0.15, -0.1) is 0 Å². The summed E-state index contributed by atoms with van der Waals surface area (Å²) >= 11 is 0. The first-order valence-electron chi connectivity index (χ1n) is 6.09. The number of likely N-dealkylation sites (N-methyl/N-ethyl adjacent to an activating group) is 1. The number of hydrogen-bond acceptors (Lipinski definition) is 4. The number of carboxylic acids is 1. The Bertz CT molecular complexity index is 360. The maximum atomic E-state index is 12.3. The molecule has 0 aromatic rings. The summed E-state index contributed by atoms with van der Waals surface area (Å²) in [5, 5.41) is 8.83. The molecule has 1 aliphatic rings. The number of carbonyl (C=O) groups is 3. The van der Waals surface area contributed by atoms with Crippen LogP contribution in [0.25, 0.3) is 0 Å². The van der Waals surface area contributed by atoms with Crippen molar-refractivity contribution in [2.24, 2.45) is 5.73 Å². The Morgan fingerprint density at radius 2 is 2.16 bits per heavy atom. The molecule has 1 aliphatic heterocycles. The molecular weight excluding hydrogens is 254 g/mol. The first-order valence-corrected chi connectivity index (χ1v) is 6.09. The van der Waals surface area contributed by atoms with E-state index in [1.165, 1.54) is 9.80 Å². The molecule has 0 spiro atoms. The molecule has 0 bridgehead atoms. The summed E-state index contributed by atoms with van der Waals surface area (Å²) in [5.74, 6) is -1.59. The third-order valence-corrected chi connectivity index (χ3v) is 2.88. The molecule has 8 heteroatoms. The monoisotopic (exact) mass is 273 g/mol. The van der Waals surface area contributed by atoms with Crippen molar-refractivity contribution in [3.63, 3.8) is 0 Å². The highest BCUT2D eigenvalue weighted by molar-refractivity contribution is 5.83. The molecule has 1 heterocycles. The molecule has 1 rings (SSSR count). The Kier molecular flexibility index (Phi) is 5.56. The molecule has 8 nitrogen and oxygen atoms in total. The van der Waals surface area contributed by atoms with Crippen LogP contribution in [0.3, 0.4) is 0 Å². The number of ether oxygens (including phenoxy) is 1. The number of hydrogen-bond donors (Lipinski definition) is 2. The van der Waals surface area contributed by atoms with Crippen molar-refractivity contribution in [3.8, 4) is 0 Å². The number of urea groups is 1. The van der Waals surface area contributed by atoms with Crippen LogP contribution in [0.1, 0.15) is 13.3 Å². The van der Waals surface area contributed by atoms with Crippen LogP contribution in [0.5, 0.6) is 0 Å². The molecule has 0 aromatic carbocycles. The zero-order chi connectivity index (χ0) is 14.4. The average molecular weight is 273 g/mol. The quantitative estimate of drug-likeness (QED) is 0.673. The third-order valence-electron chi connectivity index (χ3n) is 2.88. The van der Waals surface area contributed by atoms with Crippen molar-refractivity contribution >= 4 is 17.9 Å². The van der Waals surface area contributed by atoms with E-state index in [9.17, 15) is 14.4 Å². The van der Waals surface area contributed by atoms with Gasteiger partial charge in [0.15, 0.2) is 0 Å². The number of rotatable bonds is 5. The zero-order valence-corrected chi connectivity index (χ0v) is 10.9. The van der Waals surface area contributed by atoms with Crippen LogP contribution < -0.4 is 5.73 Å². The van der Waals surface area contributed by atoms with E-state index in [1.54, 1.807) is 6.92 Å². The highest BCUT2D eigenvalue weighted by atomic mass is 16.5. The lowest BCUT2D eigenvalue weighted by Crippen LogP contribution is -2.55. The number of nitrogens with two attached hydrogens (primary N) is 1. The van der Waals surface area contributed by atoms with Crippen LogP contribution >= 0.6 is 0 Å². The first-order chi connectivity index (χ1) is 8.95. The maximum absolute atomic E-state index is 12.3. The molecule has 1 unspecified atom stereocenters. The number of morpholine rings is 1. The van der Waals surface area contributed by atoms with Crippen LogP contribution in [0, 0.1) is 0 Å². The topological polar surface area (TPSA) is 113 Å². The SMILES string of the molecule is CCN(CC(N)=O)C(=O)N1CCOCC1CC(=O)O. The summed E-state index contributed by atoms with van der Waals surface area (Å²) < 4.78 is 5.19. The van der Waals surface area contributed by atoms with Crippen LogP contribution in [0.15, 0.2) is 0 Å². The van der Waals surface area contributed by atoms with E-state index in [2.05, 4.69) is 0 Å². The van der Waals surface area contributed by atoms with Gasteiger partial charge < -0.3 is 25.4 Å². The van der Waals surface area contributed by atoms with Crippen LogP contribution in [-0.2, 0) is 14.3 Å². The lowest BCUT2D eigenvalue weighted by Gasteiger charge is -2.37. The summed E-state index contributed by atoms with van der Waals surface area (Å²) in [5.41, 5.74) is 5.08. The minimum atomic E-state index is -0.994. The van der Waals surface area contributed by atoms with Gasteiger partial charge in [-0.2, -0.15) is 0 Å². The molecule has 3 N–H and O–H groups in total. The van der Waals surface area contributed by atoms with E-state index in [0.29, 0.717) is 19.7 Å². The lowest BCUT2D eigenvalue weighted by atomic mass is 10.1. The smallest absolute Gasteiger partial charge is 0.320 e. The fraction of sp³-hybridized carbons (Fsp3) is 0.727. The van der Waals surface area contributed by atoms with Gasteiger partial charge in [-0.1, -0.05) is 0 Å². The Labute approximate surface area is 111 Å². The maximum Gasteiger partial charge on any atom is 0.320 e. The van der Waals surface area contributed by atoms with Crippen LogP contribution in [0.4, 0.5) is 4.79 Å². The molecule has 0 radical (unpaired) electrons. The van der Waals surface area contributed by atoms with E-state index < -0.39 is 17.9 Å². The van der Waals surface area contributed by atoms with Crippen molar-refractivity contribution in [3.05, 3.63) is 0 Å². The number of primary amides is 1. The molecule has 1 saturated heterocycles. The number of carbonyl (C=O) groups excluding carboxylic acids is 2. The average Bonchev–Trinajstić information content (AvgIpc) is 2.35. The summed E-state index contributed by atoms with van der Waals surface area (Å²) in [7, 11) is 0. The van der Waals surface area contributed by atoms with E-state index in [0.717, 1.165) is 0 Å². The van der Waals surface area contributed by atoms with Crippen molar-refractivity contribution in [2.75, 3.05) is 32.8 Å². The van der Waals surface area contributed by atoms with Crippen molar-refractivity contribution in [2.45, 2.75) is 19.4 Å². The summed E-state index contributed by atoms with van der Waals surface area (Å²) in [6.07, 6.45) is -0.181. The fourth-order valence-corrected chi connectivity index (χ4v) is 1.96. The van der Waals surface area contributed by atoms with Gasteiger partial charge in [-0.25, -0.2) is 4.79 Å². The standard InChI is InChI=1S/C11H19N3O5/c1-2-13(6-9(12)15)11(18)14-3-4-19-7-8(14)5-10(16)17/h8H,2-7H2,1H3,(H2,12,15)(H,16,17). The van der Waals surface area contributed by atoms with E-state index in [1.807, 2.05) is 0 Å². The second-order valence-electron chi connectivity index (χ2n) is 4.28. The molecular formula is C11H19N3O5. The Morgan fingerprint density at radius 3 is 2.68 bits per heavy atom. The zero-order valence-electron chi connectivity index (χ0n) is 10.9. The van der Waals surface area contributed by atoms with E-state index in [4.69, 9.17) is 15.6 Å². The van der Waals surface area contributed by atoms with Gasteiger partial charge in [-0.05, 0) is 6.92 Å². The third kappa shape index (κ3) is 4.40. The molecule has 108 valence electrons. The Balaban J connectivity index is 2.74. The largest absolute Gasteiger partial charge is 0.481 e. The molecule has 0 aromatic heterocycles. The molecule has 0 aliphatic carbocycles. The van der Waals surface area contributed by atoms with Crippen LogP contribution in [-0.4, -0.2) is 71.7 Å². The molecule has 1 atom stereocenters. The number of carboxylic acid groups (broad SMARTS) is 1. The Morgan fingerprint density at radius 1 is 1.47 bits per heavy atom. The van der Waals surface area contributed by atoms with Gasteiger partial charge in [0.25, 0.3) is 0 Å². The second-order valence-corrected chi connectivity index (χ2v) is 4.28. The summed E-state index contributed by atoms with van der Waals surface area (Å²) in [6.45, 7) is 2.74. The van der Waals surface area contributed by atoms with Crippen molar-refractivity contribution < 1.29 is 24.2 Å². The first kappa shape index (κ1) is 15.2. The molecule has 1 fully saturated rings. The van der Waals surface area contributed by atoms with Crippen molar-refractivity contribution in [1.29, 1.82) is 0 Å². The molecule has 3 amide bonds. The predicted molar refractivity (Wildman–Crippen MR) is 65.4 cm³/mol. The fourth-order valence-electron chi connectivity index (χ4n) is 1.96. The van der Waals surface area contributed by atoms with Gasteiger partial charge in [0, 0.05) is 13.1 Å². The van der Waals surface area contributed by atoms with Gasteiger partial charge in [0.2, 0.25) is 5.91 Å². The second kappa shape index (κ2) is 6.93. The van der Waals surface area contributed by atoms with Gasteiger partial charge in [0.05, 0.1) is 25.7 Å². The van der Waals surface area contributed by atoms with E-state index in [-0.39, 0.29) is 25.6 Å². The highest BCUT2D eigenvalue weighted by Crippen LogP contribution is 2.13. The van der Waals surface area contributed by atoms with Gasteiger partial charge in [-0.3, -0.25) is 9.59 Å². The van der Waals surface area contributed by atoms with E-state index >= 15 is 0 Å². The summed E-state index contributed by atoms with van der Waals surface area (Å²) in [6, 6.07) is -0.892. The summed E-state index contributed by atoms with van der Waals surface area (Å²) in [4.78, 5) is 36.7. The number of aliphatic carboxylic acids is 1. The highest BCUT2D eigenvalue weighted by Gasteiger charge is 2.31. The normalized spacial score (nSPS) is 19.0. The Hall–Kier alpha value is -1.83. The minimum Gasteiger partial charge on any atom is -0.481 e. The predicted octanol–water partition coefficient (Wildman–Crippen LogP) is -0.911. The van der Waals surface area contributed by atoms with Gasteiger partial charge >= 0.3 is 12.0 Å². The number of nitrogens with zero attached hydrogens (tertiary/aromatic N) is 2. The minimum absolute atomic E-state index is 0.174. The number of amides is 3.